The molecule has 0 spiro atoms. The van der Waals surface area contributed by atoms with Crippen LogP contribution >= 0.6 is 15.9 Å². The molecule has 0 aliphatic carbocycles. The zero-order chi connectivity index (χ0) is 15.6. The number of rotatable bonds is 3. The number of aryl methyl sites for hydroxylation is 1. The third-order valence-electron chi connectivity index (χ3n) is 2.71. The fourth-order valence-corrected chi connectivity index (χ4v) is 2.23. The molecule has 0 atom stereocenters. The topological polar surface area (TPSA) is 72.2 Å². The number of nitrogens with one attached hydrogen (secondary N) is 1. The second-order valence-electron chi connectivity index (χ2n) is 4.39. The van der Waals surface area contributed by atoms with Crippen LogP contribution in [0.2, 0.25) is 0 Å². The average Bonchev–Trinajstić information content (AvgIpc) is 2.37. The zero-order valence-corrected chi connectivity index (χ0v) is 12.5. The normalized spacial score (nSPS) is 10.2. The summed E-state index contributed by atoms with van der Waals surface area (Å²) in [7, 11) is 0. The average molecular weight is 353 g/mol. The number of carbonyl (C=O) groups is 1. The van der Waals surface area contributed by atoms with Gasteiger partial charge in [-0.15, -0.1) is 0 Å². The highest BCUT2D eigenvalue weighted by molar-refractivity contribution is 9.10. The summed E-state index contributed by atoms with van der Waals surface area (Å²) in [5.41, 5.74) is 0.851. The minimum atomic E-state index is -0.588. The highest BCUT2D eigenvalue weighted by Gasteiger charge is 2.16. The van der Waals surface area contributed by atoms with Crippen LogP contribution in [-0.2, 0) is 0 Å². The molecular weight excluding hydrogens is 343 g/mol. The maximum Gasteiger partial charge on any atom is 0.270 e. The van der Waals surface area contributed by atoms with Gasteiger partial charge in [0.2, 0.25) is 0 Å². The lowest BCUT2D eigenvalue weighted by atomic mass is 10.1. The molecule has 0 saturated heterocycles. The first kappa shape index (κ1) is 15.1. The highest BCUT2D eigenvalue weighted by atomic mass is 79.9. The van der Waals surface area contributed by atoms with Crippen molar-refractivity contribution in [2.24, 2.45) is 0 Å². The Morgan fingerprint density at radius 1 is 1.29 bits per heavy atom. The zero-order valence-electron chi connectivity index (χ0n) is 10.9. The number of carbonyl (C=O) groups excluding carboxylic acids is 1. The summed E-state index contributed by atoms with van der Waals surface area (Å²) in [6.45, 7) is 1.70. The molecule has 7 heteroatoms. The smallest absolute Gasteiger partial charge is 0.270 e. The van der Waals surface area contributed by atoms with E-state index >= 15 is 0 Å². The van der Waals surface area contributed by atoms with Crippen LogP contribution in [0, 0.1) is 22.9 Å². The van der Waals surface area contributed by atoms with Crippen molar-refractivity contribution in [3.8, 4) is 0 Å². The van der Waals surface area contributed by atoms with E-state index in [-0.39, 0.29) is 16.9 Å². The molecule has 0 aromatic heterocycles. The van der Waals surface area contributed by atoms with Crippen molar-refractivity contribution >= 4 is 33.2 Å². The maximum atomic E-state index is 13.3. The van der Waals surface area contributed by atoms with Crippen LogP contribution < -0.4 is 5.32 Å². The molecule has 5 nitrogen and oxygen atoms in total. The predicted octanol–water partition coefficient (Wildman–Crippen LogP) is 4.06. The molecule has 1 amide bonds. The van der Waals surface area contributed by atoms with E-state index in [4.69, 9.17) is 0 Å². The van der Waals surface area contributed by atoms with Crippen molar-refractivity contribution in [2.45, 2.75) is 6.92 Å². The van der Waals surface area contributed by atoms with E-state index < -0.39 is 16.6 Å². The molecule has 0 saturated carbocycles. The first-order chi connectivity index (χ1) is 9.86. The minimum absolute atomic E-state index is 0.103. The highest BCUT2D eigenvalue weighted by Crippen LogP contribution is 2.24. The molecule has 2 aromatic carbocycles. The number of halogens is 2. The van der Waals surface area contributed by atoms with Gasteiger partial charge in [-0.25, -0.2) is 4.39 Å². The number of hydrogen-bond donors (Lipinski definition) is 1. The van der Waals surface area contributed by atoms with Crippen molar-refractivity contribution in [3.05, 3.63) is 67.9 Å². The van der Waals surface area contributed by atoms with E-state index in [2.05, 4.69) is 21.2 Å². The van der Waals surface area contributed by atoms with Crippen molar-refractivity contribution in [1.29, 1.82) is 0 Å². The number of amides is 1. The fraction of sp³-hybridized carbons (Fsp3) is 0.0714. The van der Waals surface area contributed by atoms with E-state index in [0.29, 0.717) is 10.0 Å². The van der Waals surface area contributed by atoms with Crippen molar-refractivity contribution < 1.29 is 14.1 Å². The van der Waals surface area contributed by atoms with Gasteiger partial charge >= 0.3 is 0 Å². The summed E-state index contributed by atoms with van der Waals surface area (Å²) >= 11 is 3.16. The van der Waals surface area contributed by atoms with Gasteiger partial charge in [0.25, 0.3) is 11.6 Å². The van der Waals surface area contributed by atoms with Crippen molar-refractivity contribution in [2.75, 3.05) is 5.32 Å². The van der Waals surface area contributed by atoms with Gasteiger partial charge in [-0.05, 0) is 52.7 Å². The lowest BCUT2D eigenvalue weighted by Crippen LogP contribution is -2.13. The molecule has 0 fully saturated rings. The lowest BCUT2D eigenvalue weighted by molar-refractivity contribution is -0.384. The van der Waals surface area contributed by atoms with Crippen LogP contribution in [0.3, 0.4) is 0 Å². The first-order valence-electron chi connectivity index (χ1n) is 5.89. The monoisotopic (exact) mass is 352 g/mol. The summed E-state index contributed by atoms with van der Waals surface area (Å²) in [6, 6.07) is 7.98. The largest absolute Gasteiger partial charge is 0.322 e. The Morgan fingerprint density at radius 3 is 2.62 bits per heavy atom. The number of nitrogens with zero attached hydrogens (tertiary/aromatic N) is 1. The molecule has 0 unspecified atom stereocenters. The van der Waals surface area contributed by atoms with Crippen molar-refractivity contribution in [3.63, 3.8) is 0 Å². The third-order valence-corrected chi connectivity index (χ3v) is 3.40. The Morgan fingerprint density at radius 2 is 2.00 bits per heavy atom. The summed E-state index contributed by atoms with van der Waals surface area (Å²) < 4.78 is 13.7. The van der Waals surface area contributed by atoms with Crippen molar-refractivity contribution in [1.82, 2.24) is 0 Å². The number of nitro groups is 1. The van der Waals surface area contributed by atoms with Gasteiger partial charge in [0, 0.05) is 22.3 Å². The molecule has 0 heterocycles. The number of hydrogen-bond acceptors (Lipinski definition) is 3. The summed E-state index contributed by atoms with van der Waals surface area (Å²) in [4.78, 5) is 22.3. The van der Waals surface area contributed by atoms with Gasteiger partial charge in [0.1, 0.15) is 5.82 Å². The van der Waals surface area contributed by atoms with Crippen LogP contribution in [-0.4, -0.2) is 10.8 Å². The van der Waals surface area contributed by atoms with E-state index in [0.717, 1.165) is 6.07 Å². The molecule has 0 aliphatic rings. The van der Waals surface area contributed by atoms with Crippen LogP contribution in [0.4, 0.5) is 15.8 Å². The van der Waals surface area contributed by atoms with Gasteiger partial charge < -0.3 is 5.32 Å². The Kier molecular flexibility index (Phi) is 4.32. The summed E-state index contributed by atoms with van der Waals surface area (Å²) in [5.74, 6) is -1.03. The van der Waals surface area contributed by atoms with E-state index in [1.165, 1.54) is 24.3 Å². The van der Waals surface area contributed by atoms with E-state index in [1.54, 1.807) is 13.0 Å². The number of anilines is 1. The molecule has 2 rings (SSSR count). The number of nitro benzene ring substituents is 1. The SMILES string of the molecule is Cc1cc(F)cc(NC(=O)c2cc([N+](=O)[O-])ccc2Br)c1. The van der Waals surface area contributed by atoms with Gasteiger partial charge in [-0.2, -0.15) is 0 Å². The third kappa shape index (κ3) is 3.63. The lowest BCUT2D eigenvalue weighted by Gasteiger charge is -2.08. The fourth-order valence-electron chi connectivity index (χ4n) is 1.81. The van der Waals surface area contributed by atoms with Crippen LogP contribution in [0.15, 0.2) is 40.9 Å². The Labute approximate surface area is 128 Å². The Bertz CT molecular complexity index is 714. The predicted molar refractivity (Wildman–Crippen MR) is 79.9 cm³/mol. The molecule has 21 heavy (non-hydrogen) atoms. The number of non-ortho nitro benzene ring substituents is 1. The van der Waals surface area contributed by atoms with Crippen LogP contribution in [0.1, 0.15) is 15.9 Å². The summed E-state index contributed by atoms with van der Waals surface area (Å²) in [6.07, 6.45) is 0. The second kappa shape index (κ2) is 6.01. The second-order valence-corrected chi connectivity index (χ2v) is 5.25. The minimum Gasteiger partial charge on any atom is -0.322 e. The maximum absolute atomic E-state index is 13.3. The Hall–Kier alpha value is -2.28. The van der Waals surface area contributed by atoms with Gasteiger partial charge in [0.05, 0.1) is 10.5 Å². The quantitative estimate of drug-likeness (QED) is 0.668. The summed E-state index contributed by atoms with van der Waals surface area (Å²) in [5, 5.41) is 13.3. The van der Waals surface area contributed by atoms with Crippen LogP contribution in [0.5, 0.6) is 0 Å². The first-order valence-corrected chi connectivity index (χ1v) is 6.68. The molecule has 2 aromatic rings. The van der Waals surface area contributed by atoms with Gasteiger partial charge in [-0.1, -0.05) is 0 Å². The molecule has 1 N–H and O–H groups in total. The van der Waals surface area contributed by atoms with Crippen LogP contribution in [0.25, 0.3) is 0 Å². The van der Waals surface area contributed by atoms with Gasteiger partial charge in [0.15, 0.2) is 0 Å². The number of benzene rings is 2. The molecular formula is C14H10BrFN2O3. The van der Waals surface area contributed by atoms with E-state index in [9.17, 15) is 19.3 Å². The Balaban J connectivity index is 2.31. The molecule has 0 bridgehead atoms. The molecule has 0 aliphatic heterocycles. The van der Waals surface area contributed by atoms with Gasteiger partial charge in [-0.3, -0.25) is 14.9 Å². The molecule has 0 radical (unpaired) electrons. The molecule has 108 valence electrons. The standard InChI is InChI=1S/C14H10BrFN2O3/c1-8-4-9(16)6-10(5-8)17-14(19)12-7-11(18(20)21)2-3-13(12)15/h2-7H,1H3,(H,17,19). The van der Waals surface area contributed by atoms with E-state index in [1.807, 2.05) is 0 Å².